The molecule has 160 valence electrons. The number of hydrogen-bond acceptors (Lipinski definition) is 6. The Labute approximate surface area is 181 Å². The summed E-state index contributed by atoms with van der Waals surface area (Å²) >= 11 is 0. The number of allylic oxidation sites excluding steroid dienone is 1. The van der Waals surface area contributed by atoms with Crippen molar-refractivity contribution in [1.29, 1.82) is 0 Å². The summed E-state index contributed by atoms with van der Waals surface area (Å²) in [7, 11) is 3.76. The van der Waals surface area contributed by atoms with Gasteiger partial charge in [0.2, 0.25) is 0 Å². The molecular weight excluding hydrogens is 388 g/mol. The molecule has 8 nitrogen and oxygen atoms in total. The Hall–Kier alpha value is -3.42. The minimum absolute atomic E-state index is 0.107. The number of hydrogen-bond donors (Lipinski definition) is 2. The molecule has 8 heteroatoms. The largest absolute Gasteiger partial charge is 0.404 e. The zero-order valence-corrected chi connectivity index (χ0v) is 18.2. The number of fused-ring (bicyclic) bond motifs is 3. The van der Waals surface area contributed by atoms with Crippen LogP contribution in [0, 0.1) is 6.92 Å². The van der Waals surface area contributed by atoms with Crippen LogP contribution in [-0.4, -0.2) is 38.0 Å². The van der Waals surface area contributed by atoms with Gasteiger partial charge in [0.1, 0.15) is 5.82 Å². The molecule has 1 aliphatic carbocycles. The highest BCUT2D eigenvalue weighted by molar-refractivity contribution is 6.09. The van der Waals surface area contributed by atoms with Gasteiger partial charge in [0.05, 0.1) is 23.1 Å². The number of benzene rings is 1. The molecule has 1 aromatic carbocycles. The number of aromatic nitrogens is 5. The van der Waals surface area contributed by atoms with Crippen molar-refractivity contribution in [2.45, 2.75) is 44.7 Å². The number of nitrogens with two attached hydrogens (primary N) is 1. The van der Waals surface area contributed by atoms with Crippen molar-refractivity contribution < 1.29 is 0 Å². The van der Waals surface area contributed by atoms with E-state index in [1.54, 1.807) is 19.5 Å². The maximum absolute atomic E-state index is 5.89. The van der Waals surface area contributed by atoms with Crippen molar-refractivity contribution in [1.82, 2.24) is 24.8 Å². The molecule has 0 spiro atoms. The standard InChI is InChI=1S/C23H28N8/c1-14-23-18-7-6-16(17(12-24)13-25-2)10-19(18)20(8-9-31(23)29-27-14)26-22-11-21(15-4-5-15)28-30(22)3/h6-7,10-13,15,20,26H,4-5,8-9,24H2,1-3H3. The number of aryl methyl sites for hydroxylation is 3. The molecule has 0 radical (unpaired) electrons. The van der Waals surface area contributed by atoms with Crippen molar-refractivity contribution in [3.8, 4) is 11.3 Å². The third-order valence-electron chi connectivity index (χ3n) is 6.21. The van der Waals surface area contributed by atoms with E-state index in [4.69, 9.17) is 10.8 Å². The van der Waals surface area contributed by atoms with Crippen molar-refractivity contribution in [3.63, 3.8) is 0 Å². The number of nitrogens with one attached hydrogen (secondary N) is 1. The third kappa shape index (κ3) is 3.52. The van der Waals surface area contributed by atoms with Crippen LogP contribution in [0.1, 0.15) is 53.7 Å². The van der Waals surface area contributed by atoms with Gasteiger partial charge in [-0.2, -0.15) is 5.10 Å². The normalized spacial score (nSPS) is 18.7. The SMILES string of the molecule is CN=CC(=CN)c1ccc2c(c1)C(Nc1cc(C3CC3)nn1C)CCn1nnc(C)c1-2. The first-order valence-corrected chi connectivity index (χ1v) is 10.8. The lowest BCUT2D eigenvalue weighted by molar-refractivity contribution is 0.537. The second kappa shape index (κ2) is 7.68. The van der Waals surface area contributed by atoms with E-state index in [-0.39, 0.29) is 6.04 Å². The van der Waals surface area contributed by atoms with Crippen LogP contribution < -0.4 is 11.1 Å². The van der Waals surface area contributed by atoms with E-state index in [0.29, 0.717) is 5.92 Å². The molecule has 1 fully saturated rings. The highest BCUT2D eigenvalue weighted by Crippen LogP contribution is 2.41. The second-order valence-corrected chi connectivity index (χ2v) is 8.40. The Morgan fingerprint density at radius 1 is 1.26 bits per heavy atom. The van der Waals surface area contributed by atoms with Gasteiger partial charge in [0.25, 0.3) is 0 Å². The molecule has 2 aromatic heterocycles. The Kier molecular flexibility index (Phi) is 4.84. The summed E-state index contributed by atoms with van der Waals surface area (Å²) in [5.41, 5.74) is 13.4. The van der Waals surface area contributed by atoms with Crippen LogP contribution in [0.15, 0.2) is 35.5 Å². The molecule has 3 N–H and O–H groups in total. The van der Waals surface area contributed by atoms with Gasteiger partial charge in [-0.25, -0.2) is 4.68 Å². The predicted octanol–water partition coefficient (Wildman–Crippen LogP) is 3.42. The fourth-order valence-electron chi connectivity index (χ4n) is 4.43. The van der Waals surface area contributed by atoms with Crippen LogP contribution >= 0.6 is 0 Å². The zero-order chi connectivity index (χ0) is 21.5. The van der Waals surface area contributed by atoms with Crippen LogP contribution in [0.25, 0.3) is 16.8 Å². The van der Waals surface area contributed by atoms with Crippen LogP contribution in [0.2, 0.25) is 0 Å². The average Bonchev–Trinajstić information content (AvgIpc) is 3.49. The van der Waals surface area contributed by atoms with Gasteiger partial charge in [-0.1, -0.05) is 17.3 Å². The first kappa shape index (κ1) is 19.5. The van der Waals surface area contributed by atoms with Gasteiger partial charge in [-0.15, -0.1) is 5.10 Å². The van der Waals surface area contributed by atoms with E-state index in [9.17, 15) is 0 Å². The Balaban J connectivity index is 1.59. The summed E-state index contributed by atoms with van der Waals surface area (Å²) < 4.78 is 3.98. The summed E-state index contributed by atoms with van der Waals surface area (Å²) in [6.45, 7) is 2.81. The van der Waals surface area contributed by atoms with Crippen LogP contribution in [0.5, 0.6) is 0 Å². The minimum atomic E-state index is 0.107. The van der Waals surface area contributed by atoms with Gasteiger partial charge in [0, 0.05) is 56.2 Å². The van der Waals surface area contributed by atoms with E-state index in [1.165, 1.54) is 24.1 Å². The van der Waals surface area contributed by atoms with Crippen LogP contribution in [0.4, 0.5) is 5.82 Å². The first-order valence-electron chi connectivity index (χ1n) is 10.8. The molecular formula is C23H28N8. The molecule has 5 rings (SSSR count). The maximum atomic E-state index is 5.89. The Morgan fingerprint density at radius 2 is 2.10 bits per heavy atom. The van der Waals surface area contributed by atoms with E-state index < -0.39 is 0 Å². The second-order valence-electron chi connectivity index (χ2n) is 8.40. The molecule has 2 aliphatic rings. The third-order valence-corrected chi connectivity index (χ3v) is 6.21. The summed E-state index contributed by atoms with van der Waals surface area (Å²) in [6, 6.07) is 8.77. The van der Waals surface area contributed by atoms with Gasteiger partial charge in [0.15, 0.2) is 0 Å². The van der Waals surface area contributed by atoms with E-state index in [2.05, 4.69) is 44.9 Å². The van der Waals surface area contributed by atoms with Crippen molar-refractivity contribution >= 4 is 17.6 Å². The van der Waals surface area contributed by atoms with Gasteiger partial charge >= 0.3 is 0 Å². The predicted molar refractivity (Wildman–Crippen MR) is 123 cm³/mol. The summed E-state index contributed by atoms with van der Waals surface area (Å²) in [5.74, 6) is 1.67. The van der Waals surface area contributed by atoms with Gasteiger partial charge < -0.3 is 11.1 Å². The lowest BCUT2D eigenvalue weighted by Gasteiger charge is -2.21. The molecule has 3 aromatic rings. The lowest BCUT2D eigenvalue weighted by atomic mass is 9.92. The van der Waals surface area contributed by atoms with Gasteiger partial charge in [-0.3, -0.25) is 9.67 Å². The van der Waals surface area contributed by atoms with E-state index >= 15 is 0 Å². The number of aliphatic imine (C=N–C) groups is 1. The van der Waals surface area contributed by atoms with Crippen LogP contribution in [-0.2, 0) is 13.6 Å². The van der Waals surface area contributed by atoms with E-state index in [0.717, 1.165) is 46.9 Å². The lowest BCUT2D eigenvalue weighted by Crippen LogP contribution is -2.15. The molecule has 31 heavy (non-hydrogen) atoms. The molecule has 1 unspecified atom stereocenters. The maximum Gasteiger partial charge on any atom is 0.124 e. The highest BCUT2D eigenvalue weighted by Gasteiger charge is 2.29. The summed E-state index contributed by atoms with van der Waals surface area (Å²) in [6.07, 6.45) is 6.77. The smallest absolute Gasteiger partial charge is 0.124 e. The molecule has 1 aliphatic heterocycles. The molecule has 1 saturated carbocycles. The fraction of sp³-hybridized carbons (Fsp3) is 0.391. The van der Waals surface area contributed by atoms with Crippen molar-refractivity contribution in [2.24, 2.45) is 17.8 Å². The highest BCUT2D eigenvalue weighted by atomic mass is 15.4. The Morgan fingerprint density at radius 3 is 2.84 bits per heavy atom. The molecule has 1 atom stereocenters. The molecule has 0 amide bonds. The quantitative estimate of drug-likeness (QED) is 0.621. The minimum Gasteiger partial charge on any atom is -0.404 e. The molecule has 0 bridgehead atoms. The first-order chi connectivity index (χ1) is 15.1. The fourth-order valence-corrected chi connectivity index (χ4v) is 4.43. The monoisotopic (exact) mass is 416 g/mol. The number of nitrogens with zero attached hydrogens (tertiary/aromatic N) is 6. The van der Waals surface area contributed by atoms with E-state index in [1.807, 2.05) is 23.3 Å². The van der Waals surface area contributed by atoms with Crippen molar-refractivity contribution in [3.05, 3.63) is 53.0 Å². The summed E-state index contributed by atoms with van der Waals surface area (Å²) in [5, 5.41) is 17.2. The zero-order valence-electron chi connectivity index (χ0n) is 18.2. The average molecular weight is 417 g/mol. The topological polar surface area (TPSA) is 98.9 Å². The van der Waals surface area contributed by atoms with Crippen LogP contribution in [0.3, 0.4) is 0 Å². The molecule has 0 saturated heterocycles. The Bertz CT molecular complexity index is 1180. The van der Waals surface area contributed by atoms with Gasteiger partial charge in [-0.05, 0) is 43.4 Å². The van der Waals surface area contributed by atoms with Crippen molar-refractivity contribution in [2.75, 3.05) is 12.4 Å². The number of rotatable bonds is 5. The molecule has 3 heterocycles. The summed E-state index contributed by atoms with van der Waals surface area (Å²) in [4.78, 5) is 4.15. The number of anilines is 1.